The Morgan fingerprint density at radius 2 is 2.00 bits per heavy atom. The highest BCUT2D eigenvalue weighted by molar-refractivity contribution is 6.33. The number of hydrogen-bond acceptors (Lipinski definition) is 3. The van der Waals surface area contributed by atoms with Crippen LogP contribution in [0.25, 0.3) is 11.1 Å². The first kappa shape index (κ1) is 15.6. The Balaban J connectivity index is 1.86. The number of nitrogens with one attached hydrogen (secondary N) is 1. The SMILES string of the molecule is Cc1ccc(NC(=O)Cn2c(=O)oc3cc(Cl)ccc32)c(Cl)c1. The number of carbonyl (C=O) groups excluding carboxylic acids is 1. The van der Waals surface area contributed by atoms with Gasteiger partial charge in [0.2, 0.25) is 5.91 Å². The second kappa shape index (κ2) is 6.10. The summed E-state index contributed by atoms with van der Waals surface area (Å²) in [4.78, 5) is 24.1. The minimum Gasteiger partial charge on any atom is -0.408 e. The number of rotatable bonds is 3. The third-order valence-corrected chi connectivity index (χ3v) is 3.88. The molecule has 0 aliphatic carbocycles. The molecule has 1 aromatic heterocycles. The Labute approximate surface area is 141 Å². The lowest BCUT2D eigenvalue weighted by atomic mass is 10.2. The number of halogens is 2. The van der Waals surface area contributed by atoms with Crippen molar-refractivity contribution in [2.45, 2.75) is 13.5 Å². The molecule has 0 spiro atoms. The van der Waals surface area contributed by atoms with Gasteiger partial charge in [-0.3, -0.25) is 9.36 Å². The van der Waals surface area contributed by atoms with E-state index in [0.717, 1.165) is 5.56 Å². The average Bonchev–Trinajstić information content (AvgIpc) is 2.77. The van der Waals surface area contributed by atoms with Gasteiger partial charge in [0.05, 0.1) is 16.2 Å². The van der Waals surface area contributed by atoms with Gasteiger partial charge in [-0.15, -0.1) is 0 Å². The summed E-state index contributed by atoms with van der Waals surface area (Å²) in [5.74, 6) is -0.997. The Hall–Kier alpha value is -2.24. The fourth-order valence-electron chi connectivity index (χ4n) is 2.24. The maximum Gasteiger partial charge on any atom is 0.420 e. The van der Waals surface area contributed by atoms with E-state index in [9.17, 15) is 9.59 Å². The van der Waals surface area contributed by atoms with E-state index in [0.29, 0.717) is 26.8 Å². The van der Waals surface area contributed by atoms with Crippen molar-refractivity contribution in [1.29, 1.82) is 0 Å². The minimum absolute atomic E-state index is 0.183. The van der Waals surface area contributed by atoms with Crippen molar-refractivity contribution in [3.8, 4) is 0 Å². The standard InChI is InChI=1S/C16H12Cl2N2O3/c1-9-2-4-12(11(18)6-9)19-15(21)8-20-13-5-3-10(17)7-14(13)23-16(20)22/h2-7H,8H2,1H3,(H,19,21). The highest BCUT2D eigenvalue weighted by Crippen LogP contribution is 2.23. The zero-order chi connectivity index (χ0) is 16.6. The number of oxazole rings is 1. The molecule has 0 atom stereocenters. The van der Waals surface area contributed by atoms with Gasteiger partial charge < -0.3 is 9.73 Å². The van der Waals surface area contributed by atoms with E-state index in [1.807, 2.05) is 13.0 Å². The quantitative estimate of drug-likeness (QED) is 0.780. The van der Waals surface area contributed by atoms with E-state index in [2.05, 4.69) is 5.32 Å². The molecule has 0 aliphatic heterocycles. The number of nitrogens with zero attached hydrogens (tertiary/aromatic N) is 1. The Bertz CT molecular complexity index is 960. The lowest BCUT2D eigenvalue weighted by Crippen LogP contribution is -2.24. The van der Waals surface area contributed by atoms with Crippen molar-refractivity contribution in [3.05, 3.63) is 62.6 Å². The van der Waals surface area contributed by atoms with E-state index in [-0.39, 0.29) is 12.5 Å². The first-order valence-electron chi connectivity index (χ1n) is 6.79. The van der Waals surface area contributed by atoms with Crippen LogP contribution in [0, 0.1) is 6.92 Å². The van der Waals surface area contributed by atoms with Crippen molar-refractivity contribution < 1.29 is 9.21 Å². The van der Waals surface area contributed by atoms with Gasteiger partial charge in [-0.05, 0) is 36.8 Å². The molecular weight excluding hydrogens is 339 g/mol. The molecule has 7 heteroatoms. The summed E-state index contributed by atoms with van der Waals surface area (Å²) >= 11 is 11.9. The van der Waals surface area contributed by atoms with E-state index in [1.165, 1.54) is 10.6 Å². The lowest BCUT2D eigenvalue weighted by Gasteiger charge is -2.08. The fourth-order valence-corrected chi connectivity index (χ4v) is 2.69. The summed E-state index contributed by atoms with van der Waals surface area (Å²) in [5.41, 5.74) is 2.32. The Kier molecular flexibility index (Phi) is 4.15. The molecule has 5 nitrogen and oxygen atoms in total. The third-order valence-electron chi connectivity index (χ3n) is 3.33. The number of hydrogen-bond donors (Lipinski definition) is 1. The van der Waals surface area contributed by atoms with Gasteiger partial charge >= 0.3 is 5.76 Å². The average molecular weight is 351 g/mol. The molecule has 1 heterocycles. The lowest BCUT2D eigenvalue weighted by molar-refractivity contribution is -0.116. The molecule has 1 N–H and O–H groups in total. The van der Waals surface area contributed by atoms with Crippen LogP contribution in [0.5, 0.6) is 0 Å². The van der Waals surface area contributed by atoms with Crippen LogP contribution < -0.4 is 11.1 Å². The predicted molar refractivity (Wildman–Crippen MR) is 90.3 cm³/mol. The zero-order valence-electron chi connectivity index (χ0n) is 12.1. The molecule has 3 rings (SSSR count). The van der Waals surface area contributed by atoms with Crippen LogP contribution in [0.4, 0.5) is 5.69 Å². The molecular formula is C16H12Cl2N2O3. The van der Waals surface area contributed by atoms with Gasteiger partial charge in [-0.1, -0.05) is 29.3 Å². The number of fused-ring (bicyclic) bond motifs is 1. The first-order chi connectivity index (χ1) is 10.9. The molecule has 1 amide bonds. The van der Waals surface area contributed by atoms with E-state index in [1.54, 1.807) is 24.3 Å². The summed E-state index contributed by atoms with van der Waals surface area (Å²) in [6.45, 7) is 1.72. The molecule has 0 saturated carbocycles. The number of amides is 1. The highest BCUT2D eigenvalue weighted by atomic mass is 35.5. The van der Waals surface area contributed by atoms with Crippen molar-refractivity contribution in [2.24, 2.45) is 0 Å². The smallest absolute Gasteiger partial charge is 0.408 e. The van der Waals surface area contributed by atoms with Crippen LogP contribution in [0.2, 0.25) is 10.0 Å². The maximum absolute atomic E-state index is 12.2. The van der Waals surface area contributed by atoms with Gasteiger partial charge in [0, 0.05) is 11.1 Å². The van der Waals surface area contributed by atoms with Gasteiger partial charge in [-0.2, -0.15) is 0 Å². The number of anilines is 1. The maximum atomic E-state index is 12.2. The second-order valence-corrected chi connectivity index (χ2v) is 5.94. The van der Waals surface area contributed by atoms with E-state index in [4.69, 9.17) is 27.6 Å². The number of benzene rings is 2. The van der Waals surface area contributed by atoms with Crippen LogP contribution >= 0.6 is 23.2 Å². The Morgan fingerprint density at radius 1 is 1.22 bits per heavy atom. The molecule has 0 radical (unpaired) electrons. The third kappa shape index (κ3) is 3.25. The van der Waals surface area contributed by atoms with Gasteiger partial charge in [0.1, 0.15) is 6.54 Å². The number of aryl methyl sites for hydroxylation is 1. The van der Waals surface area contributed by atoms with E-state index < -0.39 is 5.76 Å². The molecule has 0 fully saturated rings. The summed E-state index contributed by atoms with van der Waals surface area (Å²) < 4.78 is 6.33. The number of aromatic nitrogens is 1. The van der Waals surface area contributed by atoms with Gasteiger partial charge in [0.15, 0.2) is 5.58 Å². The summed E-state index contributed by atoms with van der Waals surface area (Å²) in [6, 6.07) is 10.1. The number of carbonyl (C=O) groups is 1. The largest absolute Gasteiger partial charge is 0.420 e. The van der Waals surface area contributed by atoms with Crippen molar-refractivity contribution in [2.75, 3.05) is 5.32 Å². The molecule has 0 aliphatic rings. The van der Waals surface area contributed by atoms with Crippen molar-refractivity contribution >= 4 is 45.9 Å². The fraction of sp³-hybridized carbons (Fsp3) is 0.125. The van der Waals surface area contributed by atoms with Crippen LogP contribution in [0.1, 0.15) is 5.56 Å². The second-order valence-electron chi connectivity index (χ2n) is 5.10. The molecule has 0 unspecified atom stereocenters. The van der Waals surface area contributed by atoms with Crippen LogP contribution in [0.15, 0.2) is 45.6 Å². The normalized spacial score (nSPS) is 10.9. The molecule has 23 heavy (non-hydrogen) atoms. The summed E-state index contributed by atoms with van der Waals surface area (Å²) in [5, 5.41) is 3.57. The minimum atomic E-state index is -0.618. The topological polar surface area (TPSA) is 64.2 Å². The monoisotopic (exact) mass is 350 g/mol. The van der Waals surface area contributed by atoms with E-state index >= 15 is 0 Å². The van der Waals surface area contributed by atoms with Gasteiger partial charge in [-0.25, -0.2) is 4.79 Å². The molecule has 3 aromatic rings. The zero-order valence-corrected chi connectivity index (χ0v) is 13.6. The van der Waals surface area contributed by atoms with Crippen molar-refractivity contribution in [1.82, 2.24) is 4.57 Å². The molecule has 0 saturated heterocycles. The summed E-state index contributed by atoms with van der Waals surface area (Å²) in [7, 11) is 0. The molecule has 118 valence electrons. The molecule has 2 aromatic carbocycles. The van der Waals surface area contributed by atoms with Crippen LogP contribution in [-0.4, -0.2) is 10.5 Å². The van der Waals surface area contributed by atoms with Crippen molar-refractivity contribution in [3.63, 3.8) is 0 Å². The highest BCUT2D eigenvalue weighted by Gasteiger charge is 2.14. The first-order valence-corrected chi connectivity index (χ1v) is 7.54. The molecule has 0 bridgehead atoms. The summed E-state index contributed by atoms with van der Waals surface area (Å²) in [6.07, 6.45) is 0. The van der Waals surface area contributed by atoms with Crippen LogP contribution in [0.3, 0.4) is 0 Å². The van der Waals surface area contributed by atoms with Gasteiger partial charge in [0.25, 0.3) is 0 Å². The van der Waals surface area contributed by atoms with Crippen LogP contribution in [-0.2, 0) is 11.3 Å². The predicted octanol–water partition coefficient (Wildman–Crippen LogP) is 3.85. The Morgan fingerprint density at radius 3 is 2.74 bits per heavy atom.